The van der Waals surface area contributed by atoms with Crippen LogP contribution in [0.2, 0.25) is 0 Å². The smallest absolute Gasteiger partial charge is 0.286 e. The van der Waals surface area contributed by atoms with Gasteiger partial charge in [0.05, 0.1) is 11.4 Å². The van der Waals surface area contributed by atoms with Crippen LogP contribution in [0.4, 0.5) is 10.8 Å². The van der Waals surface area contributed by atoms with Gasteiger partial charge in [-0.2, -0.15) is 5.10 Å². The van der Waals surface area contributed by atoms with Crippen molar-refractivity contribution in [1.29, 1.82) is 0 Å². The molecule has 4 aromatic rings. The molecule has 0 atom stereocenters. The Kier molecular flexibility index (Phi) is 6.72. The molecule has 2 N–H and O–H groups in total. The maximum Gasteiger partial charge on any atom is 0.286 e. The Morgan fingerprint density at radius 3 is 2.73 bits per heavy atom. The summed E-state index contributed by atoms with van der Waals surface area (Å²) in [4.78, 5) is 26.8. The van der Waals surface area contributed by atoms with Gasteiger partial charge in [-0.15, -0.1) is 10.2 Å². The molecular weight excluding hydrogens is 404 g/mol. The number of fused-ring (bicyclic) bond motifs is 2. The second-order valence-electron chi connectivity index (χ2n) is 6.66. The Morgan fingerprint density at radius 2 is 2.07 bits per heavy atom. The molecule has 1 amide bonds. The van der Waals surface area contributed by atoms with Crippen molar-refractivity contribution in [3.8, 4) is 0 Å². The third-order valence-electron chi connectivity index (χ3n) is 4.22. The summed E-state index contributed by atoms with van der Waals surface area (Å²) in [6.07, 6.45) is 3.95. The highest BCUT2D eigenvalue weighted by Crippen LogP contribution is 2.27. The van der Waals surface area contributed by atoms with E-state index in [9.17, 15) is 9.59 Å². The molecule has 10 nitrogen and oxygen atoms in total. The van der Waals surface area contributed by atoms with Crippen LogP contribution in [0.1, 0.15) is 39.3 Å². The minimum Gasteiger partial charge on any atom is -0.362 e. The lowest BCUT2D eigenvalue weighted by atomic mass is 10.1. The molecule has 0 spiro atoms. The third kappa shape index (κ3) is 4.46. The molecule has 4 rings (SSSR count). The van der Waals surface area contributed by atoms with E-state index in [0.29, 0.717) is 17.7 Å². The Bertz CT molecular complexity index is 1210. The molecule has 0 saturated carbocycles. The summed E-state index contributed by atoms with van der Waals surface area (Å²) in [5, 5.41) is 18.4. The molecule has 0 aliphatic heterocycles. The summed E-state index contributed by atoms with van der Waals surface area (Å²) in [5.74, 6) is 0.252. The van der Waals surface area contributed by atoms with E-state index in [1.54, 1.807) is 29.1 Å². The van der Waals surface area contributed by atoms with E-state index in [0.717, 1.165) is 34.2 Å². The molecule has 0 aliphatic carbocycles. The van der Waals surface area contributed by atoms with Crippen LogP contribution in [-0.4, -0.2) is 42.3 Å². The zero-order chi connectivity index (χ0) is 21.7. The highest BCUT2D eigenvalue weighted by atomic mass is 32.1. The summed E-state index contributed by atoms with van der Waals surface area (Å²) in [6, 6.07) is 3.54. The first-order valence-corrected chi connectivity index (χ1v) is 10.4. The highest BCUT2D eigenvalue weighted by molar-refractivity contribution is 7.22. The Balaban J connectivity index is 0.000000184. The molecular formula is C19H24N8O2S. The number of anilines is 2. The van der Waals surface area contributed by atoms with E-state index in [4.69, 9.17) is 0 Å². The minimum atomic E-state index is -0.0430. The number of thiazole rings is 1. The van der Waals surface area contributed by atoms with E-state index in [-0.39, 0.29) is 11.5 Å². The number of amides is 1. The Labute approximate surface area is 177 Å². The third-order valence-corrected chi connectivity index (χ3v) is 5.22. The first-order valence-electron chi connectivity index (χ1n) is 9.63. The fraction of sp³-hybridized carbons (Fsp3) is 0.368. The second-order valence-corrected chi connectivity index (χ2v) is 7.66. The van der Waals surface area contributed by atoms with Gasteiger partial charge >= 0.3 is 0 Å². The summed E-state index contributed by atoms with van der Waals surface area (Å²) < 4.78 is 3.95. The van der Waals surface area contributed by atoms with E-state index < -0.39 is 0 Å². The number of aryl methyl sites for hydroxylation is 1. The number of carbonyl (C=O) groups is 1. The Morgan fingerprint density at radius 1 is 1.27 bits per heavy atom. The molecule has 0 bridgehead atoms. The highest BCUT2D eigenvalue weighted by Gasteiger charge is 2.17. The van der Waals surface area contributed by atoms with Crippen molar-refractivity contribution in [2.45, 2.75) is 40.2 Å². The van der Waals surface area contributed by atoms with Crippen LogP contribution in [-0.2, 0) is 11.3 Å². The zero-order valence-corrected chi connectivity index (χ0v) is 18.1. The van der Waals surface area contributed by atoms with E-state index in [2.05, 4.69) is 44.8 Å². The van der Waals surface area contributed by atoms with Crippen LogP contribution in [0.25, 0.3) is 15.9 Å². The zero-order valence-electron chi connectivity index (χ0n) is 17.3. The minimum absolute atomic E-state index is 0.0430. The van der Waals surface area contributed by atoms with Gasteiger partial charge in [-0.25, -0.2) is 9.67 Å². The molecule has 11 heteroatoms. The van der Waals surface area contributed by atoms with Gasteiger partial charge < -0.3 is 10.6 Å². The van der Waals surface area contributed by atoms with E-state index in [1.807, 2.05) is 13.8 Å². The molecule has 4 aromatic heterocycles. The lowest BCUT2D eigenvalue weighted by Crippen LogP contribution is -2.23. The SMILES string of the molecule is CCNc1nc2c(C(C)C)nn(CC)c(=O)c2s1.O=CNc1ccc2nncn2c1. The van der Waals surface area contributed by atoms with Crippen LogP contribution in [0.15, 0.2) is 29.5 Å². The van der Waals surface area contributed by atoms with Gasteiger partial charge in [0.15, 0.2) is 10.8 Å². The predicted molar refractivity (Wildman–Crippen MR) is 118 cm³/mol. The van der Waals surface area contributed by atoms with Gasteiger partial charge in [-0.3, -0.25) is 14.0 Å². The van der Waals surface area contributed by atoms with Crippen molar-refractivity contribution in [2.75, 3.05) is 17.2 Å². The largest absolute Gasteiger partial charge is 0.362 e. The van der Waals surface area contributed by atoms with Gasteiger partial charge in [0.1, 0.15) is 16.5 Å². The van der Waals surface area contributed by atoms with Gasteiger partial charge in [-0.1, -0.05) is 25.2 Å². The van der Waals surface area contributed by atoms with Crippen LogP contribution in [0.5, 0.6) is 0 Å². The molecule has 0 aliphatic rings. The van der Waals surface area contributed by atoms with Crippen molar-refractivity contribution < 1.29 is 4.79 Å². The molecule has 30 heavy (non-hydrogen) atoms. The van der Waals surface area contributed by atoms with Crippen molar-refractivity contribution in [1.82, 2.24) is 29.4 Å². The van der Waals surface area contributed by atoms with E-state index >= 15 is 0 Å². The Hall–Kier alpha value is -3.34. The fourth-order valence-electron chi connectivity index (χ4n) is 2.79. The topological polar surface area (TPSA) is 119 Å². The summed E-state index contributed by atoms with van der Waals surface area (Å²) in [5.41, 5.74) is 3.08. The maximum absolute atomic E-state index is 12.2. The average Bonchev–Trinajstić information content (AvgIpc) is 3.36. The van der Waals surface area contributed by atoms with Gasteiger partial charge in [-0.05, 0) is 31.9 Å². The first-order chi connectivity index (χ1) is 14.5. The normalized spacial score (nSPS) is 10.8. The molecule has 0 unspecified atom stereocenters. The summed E-state index contributed by atoms with van der Waals surface area (Å²) in [6.45, 7) is 9.46. The number of hydrogen-bond donors (Lipinski definition) is 2. The van der Waals surface area contributed by atoms with Crippen molar-refractivity contribution in [3.05, 3.63) is 40.7 Å². The first kappa shape index (κ1) is 21.4. The number of pyridine rings is 1. The molecule has 0 aromatic carbocycles. The average molecular weight is 429 g/mol. The quantitative estimate of drug-likeness (QED) is 0.453. The van der Waals surface area contributed by atoms with E-state index in [1.165, 1.54) is 16.0 Å². The lowest BCUT2D eigenvalue weighted by molar-refractivity contribution is -0.105. The number of carbonyl (C=O) groups excluding carboxylic acids is 1. The van der Waals surface area contributed by atoms with Gasteiger partial charge in [0, 0.05) is 19.3 Å². The fourth-order valence-corrected chi connectivity index (χ4v) is 3.78. The summed E-state index contributed by atoms with van der Waals surface area (Å²) in [7, 11) is 0. The second kappa shape index (κ2) is 9.44. The number of aromatic nitrogens is 6. The van der Waals surface area contributed by atoms with Crippen LogP contribution < -0.4 is 16.2 Å². The molecule has 158 valence electrons. The van der Waals surface area contributed by atoms with Crippen molar-refractivity contribution >= 4 is 44.4 Å². The van der Waals surface area contributed by atoms with Crippen LogP contribution in [0.3, 0.4) is 0 Å². The lowest BCUT2D eigenvalue weighted by Gasteiger charge is -2.08. The van der Waals surface area contributed by atoms with Gasteiger partial charge in [0.2, 0.25) is 6.41 Å². The maximum atomic E-state index is 12.2. The van der Waals surface area contributed by atoms with Crippen LogP contribution in [0, 0.1) is 0 Å². The number of nitrogens with one attached hydrogen (secondary N) is 2. The predicted octanol–water partition coefficient (Wildman–Crippen LogP) is 2.73. The molecule has 0 radical (unpaired) electrons. The van der Waals surface area contributed by atoms with Crippen molar-refractivity contribution in [2.24, 2.45) is 0 Å². The molecule has 4 heterocycles. The molecule has 0 fully saturated rings. The number of nitrogens with zero attached hydrogens (tertiary/aromatic N) is 6. The van der Waals surface area contributed by atoms with Gasteiger partial charge in [0.25, 0.3) is 5.56 Å². The van der Waals surface area contributed by atoms with Crippen molar-refractivity contribution in [3.63, 3.8) is 0 Å². The van der Waals surface area contributed by atoms with Crippen LogP contribution >= 0.6 is 11.3 Å². The standard InChI is InChI=1S/C12H18N4OS.C7H6N4O/c1-5-13-12-14-9-8(7(3)4)15-16(6-2)11(17)10(9)18-12;12-5-8-6-1-2-7-10-9-4-11(7)3-6/h7H,5-6H2,1-4H3,(H,13,14);1-5H,(H,8,12). The molecule has 0 saturated heterocycles. The monoisotopic (exact) mass is 428 g/mol. The number of rotatable bonds is 6. The number of hydrogen-bond acceptors (Lipinski definition) is 8. The summed E-state index contributed by atoms with van der Waals surface area (Å²) >= 11 is 1.41.